The van der Waals surface area contributed by atoms with E-state index in [9.17, 15) is 0 Å². The number of ether oxygens (including phenoxy) is 1. The molecule has 2 rings (SSSR count). The minimum Gasteiger partial charge on any atom is -0.494 e. The van der Waals surface area contributed by atoms with Crippen LogP contribution in [0.4, 0.5) is 6.01 Å². The second-order valence-electron chi connectivity index (χ2n) is 3.64. The number of hydrogen-bond acceptors (Lipinski definition) is 4. The van der Waals surface area contributed by atoms with Gasteiger partial charge in [0.15, 0.2) is 0 Å². The van der Waals surface area contributed by atoms with E-state index in [1.807, 2.05) is 31.2 Å². The molecule has 0 saturated heterocycles. The van der Waals surface area contributed by atoms with Gasteiger partial charge in [-0.25, -0.2) is 4.98 Å². The van der Waals surface area contributed by atoms with Crippen LogP contribution in [0.15, 0.2) is 34.9 Å². The van der Waals surface area contributed by atoms with Crippen LogP contribution in [0, 0.1) is 0 Å². The summed E-state index contributed by atoms with van der Waals surface area (Å²) in [6.45, 7) is 2.66. The molecule has 1 aromatic heterocycles. The van der Waals surface area contributed by atoms with Crippen LogP contribution in [0.25, 0.3) is 0 Å². The van der Waals surface area contributed by atoms with Crippen molar-refractivity contribution in [1.82, 2.24) is 4.98 Å². The molecule has 4 nitrogen and oxygen atoms in total. The minimum absolute atomic E-state index is 0.547. The van der Waals surface area contributed by atoms with E-state index in [-0.39, 0.29) is 0 Å². The van der Waals surface area contributed by atoms with Gasteiger partial charge in [-0.2, -0.15) is 0 Å². The van der Waals surface area contributed by atoms with E-state index in [4.69, 9.17) is 9.15 Å². The Morgan fingerprint density at radius 3 is 2.65 bits per heavy atom. The molecule has 90 valence electrons. The highest BCUT2D eigenvalue weighted by atomic mass is 16.5. The van der Waals surface area contributed by atoms with Crippen molar-refractivity contribution in [3.8, 4) is 5.75 Å². The molecule has 4 heteroatoms. The summed E-state index contributed by atoms with van der Waals surface area (Å²) in [5, 5.41) is 2.86. The van der Waals surface area contributed by atoms with Crippen molar-refractivity contribution in [3.05, 3.63) is 41.8 Å². The van der Waals surface area contributed by atoms with Crippen LogP contribution >= 0.6 is 0 Å². The molecule has 0 aliphatic heterocycles. The highest BCUT2D eigenvalue weighted by Crippen LogP contribution is 2.16. The zero-order chi connectivity index (χ0) is 12.1. The summed E-state index contributed by atoms with van der Waals surface area (Å²) in [6, 6.07) is 8.55. The molecule has 1 heterocycles. The average Bonchev–Trinajstić information content (AvgIpc) is 2.80. The summed E-state index contributed by atoms with van der Waals surface area (Å²) >= 11 is 0. The fourth-order valence-corrected chi connectivity index (χ4v) is 1.58. The highest BCUT2D eigenvalue weighted by molar-refractivity contribution is 5.30. The van der Waals surface area contributed by atoms with Crippen LogP contribution in [-0.2, 0) is 6.42 Å². The molecule has 0 unspecified atom stereocenters. The Bertz CT molecular complexity index is 463. The summed E-state index contributed by atoms with van der Waals surface area (Å²) < 4.78 is 10.8. The minimum atomic E-state index is 0.547. The Hall–Kier alpha value is -1.97. The van der Waals surface area contributed by atoms with Gasteiger partial charge in [-0.3, -0.25) is 0 Å². The zero-order valence-corrected chi connectivity index (χ0v) is 10.1. The third-order valence-electron chi connectivity index (χ3n) is 2.38. The molecule has 1 N–H and O–H groups in total. The number of anilines is 1. The first kappa shape index (κ1) is 11.5. The van der Waals surface area contributed by atoms with Gasteiger partial charge >= 0.3 is 0 Å². The fraction of sp³-hybridized carbons (Fsp3) is 0.308. The van der Waals surface area contributed by atoms with Crippen LogP contribution in [0.3, 0.4) is 0 Å². The van der Waals surface area contributed by atoms with Crippen molar-refractivity contribution >= 4 is 6.01 Å². The Morgan fingerprint density at radius 1 is 1.29 bits per heavy atom. The lowest BCUT2D eigenvalue weighted by molar-refractivity contribution is 0.340. The molecule has 0 bridgehead atoms. The second-order valence-corrected chi connectivity index (χ2v) is 3.64. The third kappa shape index (κ3) is 3.00. The molecular weight excluding hydrogens is 216 g/mol. The van der Waals surface area contributed by atoms with Crippen molar-refractivity contribution in [3.63, 3.8) is 0 Å². The zero-order valence-electron chi connectivity index (χ0n) is 10.1. The fourth-order valence-electron chi connectivity index (χ4n) is 1.58. The summed E-state index contributed by atoms with van der Waals surface area (Å²) in [7, 11) is 1.78. The number of benzene rings is 1. The maximum absolute atomic E-state index is 5.46. The van der Waals surface area contributed by atoms with Crippen molar-refractivity contribution < 1.29 is 9.15 Å². The number of nitrogens with one attached hydrogen (secondary N) is 1. The van der Waals surface area contributed by atoms with Gasteiger partial charge in [-0.15, -0.1) is 0 Å². The highest BCUT2D eigenvalue weighted by Gasteiger charge is 2.03. The molecule has 17 heavy (non-hydrogen) atoms. The lowest BCUT2D eigenvalue weighted by Gasteiger charge is -2.03. The van der Waals surface area contributed by atoms with E-state index >= 15 is 0 Å². The first-order valence-electron chi connectivity index (χ1n) is 5.66. The van der Waals surface area contributed by atoms with E-state index in [1.54, 1.807) is 13.2 Å². The van der Waals surface area contributed by atoms with Crippen molar-refractivity contribution in [2.45, 2.75) is 13.3 Å². The SMILES string of the molecule is CCOc1ccc(Cc2cnc(NC)o2)cc1. The smallest absolute Gasteiger partial charge is 0.294 e. The van der Waals surface area contributed by atoms with Gasteiger partial charge in [-0.1, -0.05) is 12.1 Å². The number of oxazole rings is 1. The number of nitrogens with zero attached hydrogens (tertiary/aromatic N) is 1. The molecule has 1 aromatic carbocycles. The third-order valence-corrected chi connectivity index (χ3v) is 2.38. The second kappa shape index (κ2) is 5.39. The van der Waals surface area contributed by atoms with Crippen molar-refractivity contribution in [2.75, 3.05) is 19.0 Å². The maximum atomic E-state index is 5.46. The molecule has 0 aliphatic carbocycles. The van der Waals surface area contributed by atoms with E-state index < -0.39 is 0 Å². The molecule has 0 atom stereocenters. The van der Waals surface area contributed by atoms with E-state index in [2.05, 4.69) is 10.3 Å². The lowest BCUT2D eigenvalue weighted by Crippen LogP contribution is -1.92. The molecule has 2 aromatic rings. The average molecular weight is 232 g/mol. The maximum Gasteiger partial charge on any atom is 0.294 e. The lowest BCUT2D eigenvalue weighted by atomic mass is 10.1. The molecule has 0 saturated carbocycles. The molecule has 0 amide bonds. The first-order valence-corrected chi connectivity index (χ1v) is 5.66. The standard InChI is InChI=1S/C13H16N2O2/c1-3-16-11-6-4-10(5-7-11)8-12-9-15-13(14-2)17-12/h4-7,9H,3,8H2,1-2H3,(H,14,15). The number of rotatable bonds is 5. The number of hydrogen-bond donors (Lipinski definition) is 1. The van der Waals surface area contributed by atoms with E-state index in [1.165, 1.54) is 5.56 Å². The Balaban J connectivity index is 2.03. The van der Waals surface area contributed by atoms with Gasteiger partial charge in [0.05, 0.1) is 12.8 Å². The summed E-state index contributed by atoms with van der Waals surface area (Å²) in [5.74, 6) is 1.74. The van der Waals surface area contributed by atoms with Gasteiger partial charge in [-0.05, 0) is 24.6 Å². The van der Waals surface area contributed by atoms with Gasteiger partial charge < -0.3 is 14.5 Å². The van der Waals surface area contributed by atoms with E-state index in [0.717, 1.165) is 17.9 Å². The van der Waals surface area contributed by atoms with Crippen molar-refractivity contribution in [1.29, 1.82) is 0 Å². The Labute approximate surface area is 101 Å². The van der Waals surface area contributed by atoms with Gasteiger partial charge in [0.1, 0.15) is 11.5 Å². The van der Waals surface area contributed by atoms with Crippen LogP contribution in [0.1, 0.15) is 18.2 Å². The monoisotopic (exact) mass is 232 g/mol. The molecule has 0 fully saturated rings. The predicted octanol–water partition coefficient (Wildman–Crippen LogP) is 2.71. The Morgan fingerprint density at radius 2 is 2.06 bits per heavy atom. The Kier molecular flexibility index (Phi) is 3.65. The molecular formula is C13H16N2O2. The van der Waals surface area contributed by atoms with Gasteiger partial charge in [0.25, 0.3) is 6.01 Å². The quantitative estimate of drug-likeness (QED) is 0.861. The van der Waals surface area contributed by atoms with Crippen LogP contribution < -0.4 is 10.1 Å². The number of aromatic nitrogens is 1. The summed E-state index contributed by atoms with van der Waals surface area (Å²) in [5.41, 5.74) is 1.17. The summed E-state index contributed by atoms with van der Waals surface area (Å²) in [4.78, 5) is 4.08. The van der Waals surface area contributed by atoms with Gasteiger partial charge in [0, 0.05) is 13.5 Å². The largest absolute Gasteiger partial charge is 0.494 e. The molecule has 0 aliphatic rings. The van der Waals surface area contributed by atoms with Crippen LogP contribution in [-0.4, -0.2) is 18.6 Å². The first-order chi connectivity index (χ1) is 8.31. The van der Waals surface area contributed by atoms with E-state index in [0.29, 0.717) is 12.6 Å². The van der Waals surface area contributed by atoms with Crippen LogP contribution in [0.5, 0.6) is 5.75 Å². The van der Waals surface area contributed by atoms with Gasteiger partial charge in [0.2, 0.25) is 0 Å². The normalized spacial score (nSPS) is 10.2. The predicted molar refractivity (Wildman–Crippen MR) is 66.5 cm³/mol. The summed E-state index contributed by atoms with van der Waals surface area (Å²) in [6.07, 6.45) is 2.48. The van der Waals surface area contributed by atoms with Crippen molar-refractivity contribution in [2.24, 2.45) is 0 Å². The molecule has 0 radical (unpaired) electrons. The topological polar surface area (TPSA) is 47.3 Å². The van der Waals surface area contributed by atoms with Crippen LogP contribution in [0.2, 0.25) is 0 Å². The molecule has 0 spiro atoms.